The van der Waals surface area contributed by atoms with Crippen LogP contribution in [0.25, 0.3) is 11.1 Å². The van der Waals surface area contributed by atoms with Crippen molar-refractivity contribution in [1.82, 2.24) is 14.5 Å². The van der Waals surface area contributed by atoms with E-state index < -0.39 is 11.7 Å². The van der Waals surface area contributed by atoms with Crippen LogP contribution in [0.15, 0.2) is 54.7 Å². The molecule has 0 radical (unpaired) electrons. The van der Waals surface area contributed by atoms with Gasteiger partial charge in [-0.05, 0) is 54.8 Å². The molecule has 31 heavy (non-hydrogen) atoms. The van der Waals surface area contributed by atoms with E-state index in [9.17, 15) is 13.2 Å². The van der Waals surface area contributed by atoms with E-state index >= 15 is 0 Å². The molecule has 4 rings (SSSR count). The third kappa shape index (κ3) is 5.17. The number of halogens is 3. The maximum Gasteiger partial charge on any atom is 0.416 e. The van der Waals surface area contributed by atoms with Gasteiger partial charge in [-0.1, -0.05) is 42.8 Å². The van der Waals surface area contributed by atoms with Gasteiger partial charge in [0.25, 0.3) is 0 Å². The van der Waals surface area contributed by atoms with Gasteiger partial charge in [0.15, 0.2) is 0 Å². The van der Waals surface area contributed by atoms with Gasteiger partial charge in [0.2, 0.25) is 0 Å². The maximum absolute atomic E-state index is 12.8. The van der Waals surface area contributed by atoms with Crippen LogP contribution in [0.3, 0.4) is 0 Å². The smallest absolute Gasteiger partial charge is 0.325 e. The Morgan fingerprint density at radius 3 is 2.03 bits per heavy atom. The Balaban J connectivity index is 1.49. The van der Waals surface area contributed by atoms with Crippen LogP contribution in [0.5, 0.6) is 0 Å². The molecular weight excluding hydrogens is 401 g/mol. The highest BCUT2D eigenvalue weighted by Crippen LogP contribution is 2.31. The second kappa shape index (κ2) is 9.24. The van der Waals surface area contributed by atoms with Crippen molar-refractivity contribution >= 4 is 0 Å². The number of alkyl halides is 3. The van der Waals surface area contributed by atoms with E-state index in [-0.39, 0.29) is 0 Å². The van der Waals surface area contributed by atoms with Crippen LogP contribution in [0.2, 0.25) is 0 Å². The van der Waals surface area contributed by atoms with Gasteiger partial charge in [-0.3, -0.25) is 4.90 Å². The molecule has 0 amide bonds. The Labute approximate surface area is 180 Å². The highest BCUT2D eigenvalue weighted by molar-refractivity contribution is 5.64. The van der Waals surface area contributed by atoms with Crippen molar-refractivity contribution < 1.29 is 13.2 Å². The molecule has 1 saturated heterocycles. The number of nitrogens with zero attached hydrogens (tertiary/aromatic N) is 3. The molecule has 164 valence electrons. The molecule has 1 aliphatic rings. The first-order valence-electron chi connectivity index (χ1n) is 10.7. The molecule has 0 spiro atoms. The zero-order valence-corrected chi connectivity index (χ0v) is 17.4. The summed E-state index contributed by atoms with van der Waals surface area (Å²) in [6.07, 6.45) is 1.38. The van der Waals surface area contributed by atoms with Crippen molar-refractivity contribution in [3.8, 4) is 11.1 Å². The summed E-state index contributed by atoms with van der Waals surface area (Å²) in [4.78, 5) is 6.97. The Morgan fingerprint density at radius 1 is 0.839 bits per heavy atom. The molecule has 4 nitrogen and oxygen atoms in total. The predicted molar refractivity (Wildman–Crippen MR) is 115 cm³/mol. The number of aromatic nitrogens is 2. The van der Waals surface area contributed by atoms with E-state index in [1.54, 1.807) is 0 Å². The zero-order valence-electron chi connectivity index (χ0n) is 17.4. The first-order valence-corrected chi connectivity index (χ1v) is 10.7. The molecule has 1 aromatic heterocycles. The third-order valence-corrected chi connectivity index (χ3v) is 5.88. The molecule has 2 aromatic carbocycles. The molecule has 1 fully saturated rings. The Kier molecular flexibility index (Phi) is 6.43. The Morgan fingerprint density at radius 2 is 1.45 bits per heavy atom. The van der Waals surface area contributed by atoms with Crippen molar-refractivity contribution in [3.63, 3.8) is 0 Å². The zero-order chi connectivity index (χ0) is 21.8. The summed E-state index contributed by atoms with van der Waals surface area (Å²) in [6, 6.07) is 13.2. The molecule has 0 aliphatic carbocycles. The average Bonchev–Trinajstić information content (AvgIpc) is 3.15. The highest BCUT2D eigenvalue weighted by Gasteiger charge is 2.29. The van der Waals surface area contributed by atoms with Crippen molar-refractivity contribution in [2.45, 2.75) is 45.1 Å². The first kappa shape index (κ1) is 21.6. The maximum atomic E-state index is 12.8. The van der Waals surface area contributed by atoms with E-state index in [1.165, 1.54) is 31.4 Å². The van der Waals surface area contributed by atoms with Gasteiger partial charge in [0.05, 0.1) is 17.8 Å². The fourth-order valence-electron chi connectivity index (χ4n) is 4.12. The van der Waals surface area contributed by atoms with Crippen LogP contribution < -0.4 is 5.73 Å². The normalized spacial score (nSPS) is 15.4. The second-order valence-electron chi connectivity index (χ2n) is 8.06. The monoisotopic (exact) mass is 428 g/mol. The lowest BCUT2D eigenvalue weighted by Crippen LogP contribution is -2.30. The Bertz CT molecular complexity index is 985. The van der Waals surface area contributed by atoms with Crippen LogP contribution >= 0.6 is 0 Å². The Hall–Kier alpha value is -2.64. The van der Waals surface area contributed by atoms with Crippen LogP contribution in [0.1, 0.15) is 41.9 Å². The standard InChI is InChI=1S/C24H27F3N4/c25-24(26,27)21-10-8-20(9-11-21)19-6-4-18(5-7-19)16-31-22(15-29-23(31)14-28)17-30-12-2-1-3-13-30/h4-11,15H,1-3,12-14,16-17,28H2. The van der Waals surface area contributed by atoms with Crippen molar-refractivity contribution in [2.24, 2.45) is 5.73 Å². The summed E-state index contributed by atoms with van der Waals surface area (Å²) in [5, 5.41) is 0. The number of nitrogens with two attached hydrogens (primary N) is 1. The number of imidazole rings is 1. The number of rotatable bonds is 6. The van der Waals surface area contributed by atoms with Gasteiger partial charge in [-0.15, -0.1) is 0 Å². The van der Waals surface area contributed by atoms with E-state index in [2.05, 4.69) is 14.5 Å². The lowest BCUT2D eigenvalue weighted by molar-refractivity contribution is -0.137. The fourth-order valence-corrected chi connectivity index (χ4v) is 4.12. The van der Waals surface area contributed by atoms with E-state index in [1.807, 2.05) is 30.5 Å². The number of hydrogen-bond acceptors (Lipinski definition) is 3. The van der Waals surface area contributed by atoms with Crippen LogP contribution in [0, 0.1) is 0 Å². The molecule has 7 heteroatoms. The fraction of sp³-hybridized carbons (Fsp3) is 0.375. The number of benzene rings is 2. The van der Waals surface area contributed by atoms with E-state index in [0.717, 1.165) is 60.0 Å². The van der Waals surface area contributed by atoms with Gasteiger partial charge < -0.3 is 10.3 Å². The second-order valence-corrected chi connectivity index (χ2v) is 8.06. The number of hydrogen-bond donors (Lipinski definition) is 1. The van der Waals surface area contributed by atoms with Crippen molar-refractivity contribution in [2.75, 3.05) is 13.1 Å². The van der Waals surface area contributed by atoms with Crippen molar-refractivity contribution in [3.05, 3.63) is 77.4 Å². The van der Waals surface area contributed by atoms with Gasteiger partial charge >= 0.3 is 6.18 Å². The molecule has 0 saturated carbocycles. The van der Waals surface area contributed by atoms with Crippen LogP contribution in [-0.4, -0.2) is 27.5 Å². The minimum Gasteiger partial charge on any atom is -0.325 e. The quantitative estimate of drug-likeness (QED) is 0.597. The topological polar surface area (TPSA) is 47.1 Å². The van der Waals surface area contributed by atoms with Gasteiger partial charge in [-0.25, -0.2) is 4.98 Å². The SMILES string of the molecule is NCc1ncc(CN2CCCCC2)n1Cc1ccc(-c2ccc(C(F)(F)F)cc2)cc1. The first-order chi connectivity index (χ1) is 14.9. The molecule has 0 bridgehead atoms. The largest absolute Gasteiger partial charge is 0.416 e. The van der Waals surface area contributed by atoms with Crippen LogP contribution in [0.4, 0.5) is 13.2 Å². The molecular formula is C24H27F3N4. The minimum atomic E-state index is -4.32. The summed E-state index contributed by atoms with van der Waals surface area (Å²) >= 11 is 0. The summed E-state index contributed by atoms with van der Waals surface area (Å²) in [6.45, 7) is 4.15. The van der Waals surface area contributed by atoms with Gasteiger partial charge in [0, 0.05) is 19.3 Å². The molecule has 3 aromatic rings. The third-order valence-electron chi connectivity index (χ3n) is 5.88. The number of piperidine rings is 1. The molecule has 1 aliphatic heterocycles. The summed E-state index contributed by atoms with van der Waals surface area (Å²) in [5.74, 6) is 0.860. The number of likely N-dealkylation sites (tertiary alicyclic amines) is 1. The molecule has 2 heterocycles. The highest BCUT2D eigenvalue weighted by atomic mass is 19.4. The summed E-state index contributed by atoms with van der Waals surface area (Å²) in [7, 11) is 0. The summed E-state index contributed by atoms with van der Waals surface area (Å²) < 4.78 is 40.5. The van der Waals surface area contributed by atoms with Crippen molar-refractivity contribution in [1.29, 1.82) is 0 Å². The summed E-state index contributed by atoms with van der Waals surface area (Å²) in [5.41, 5.74) is 9.19. The predicted octanol–water partition coefficient (Wildman–Crippen LogP) is 5.06. The molecule has 0 unspecified atom stereocenters. The minimum absolute atomic E-state index is 0.379. The lowest BCUT2D eigenvalue weighted by Gasteiger charge is -2.26. The van der Waals surface area contributed by atoms with E-state index in [0.29, 0.717) is 13.1 Å². The van der Waals surface area contributed by atoms with Gasteiger partial charge in [-0.2, -0.15) is 13.2 Å². The van der Waals surface area contributed by atoms with Crippen LogP contribution in [-0.2, 0) is 25.8 Å². The molecule has 0 atom stereocenters. The van der Waals surface area contributed by atoms with Gasteiger partial charge in [0.1, 0.15) is 5.82 Å². The molecule has 2 N–H and O–H groups in total. The van der Waals surface area contributed by atoms with E-state index in [4.69, 9.17) is 5.73 Å². The average molecular weight is 429 g/mol. The lowest BCUT2D eigenvalue weighted by atomic mass is 10.0.